The number of rotatable bonds is 3. The Morgan fingerprint density at radius 3 is 2.81 bits per heavy atom. The number of ether oxygens (including phenoxy) is 2. The molecule has 2 heterocycles. The zero-order valence-corrected chi connectivity index (χ0v) is 13.4. The van der Waals surface area contributed by atoms with Crippen LogP contribution in [0.1, 0.15) is 45.6 Å². The van der Waals surface area contributed by atoms with E-state index in [9.17, 15) is 5.26 Å². The first-order valence-corrected chi connectivity index (χ1v) is 7.83. The third-order valence-electron chi connectivity index (χ3n) is 5.10. The van der Waals surface area contributed by atoms with E-state index >= 15 is 0 Å². The Kier molecular flexibility index (Phi) is 3.43. The van der Waals surface area contributed by atoms with Crippen LogP contribution in [0.3, 0.4) is 0 Å². The average Bonchev–Trinajstić information content (AvgIpc) is 2.91. The van der Waals surface area contributed by atoms with E-state index in [1.807, 2.05) is 12.1 Å². The molecule has 2 aliphatic rings. The van der Waals surface area contributed by atoms with Gasteiger partial charge in [0.2, 0.25) is 0 Å². The Morgan fingerprint density at radius 2 is 2.19 bits per heavy atom. The summed E-state index contributed by atoms with van der Waals surface area (Å²) in [5.41, 5.74) is 0.0635. The number of nitriles is 1. The Hall–Kier alpha value is -1.24. The van der Waals surface area contributed by atoms with E-state index in [0.29, 0.717) is 22.3 Å². The van der Waals surface area contributed by atoms with Gasteiger partial charge in [-0.15, -0.1) is 0 Å². The molecular weight excluding hydrogens is 286 g/mol. The molecule has 3 nitrogen and oxygen atoms in total. The molecular formula is C17H20ClNO2. The zero-order chi connectivity index (χ0) is 15.3. The van der Waals surface area contributed by atoms with E-state index in [2.05, 4.69) is 26.8 Å². The molecule has 1 aromatic carbocycles. The smallest absolute Gasteiger partial charge is 0.139 e. The van der Waals surface area contributed by atoms with Crippen molar-refractivity contribution in [2.24, 2.45) is 5.92 Å². The number of fused-ring (bicyclic) bond motifs is 2. The number of benzene rings is 1. The summed E-state index contributed by atoms with van der Waals surface area (Å²) in [7, 11) is 0. The summed E-state index contributed by atoms with van der Waals surface area (Å²) in [5.74, 6) is 1.02. The summed E-state index contributed by atoms with van der Waals surface area (Å²) in [6.45, 7) is 6.52. The van der Waals surface area contributed by atoms with Gasteiger partial charge in [0.05, 0.1) is 10.6 Å². The van der Waals surface area contributed by atoms with Crippen LogP contribution < -0.4 is 4.74 Å². The molecule has 112 valence electrons. The minimum atomic E-state index is -0.265. The molecule has 0 radical (unpaired) electrons. The quantitative estimate of drug-likeness (QED) is 0.835. The number of hydrogen-bond acceptors (Lipinski definition) is 3. The molecule has 1 aromatic rings. The van der Waals surface area contributed by atoms with Crippen LogP contribution in [0.5, 0.6) is 5.75 Å². The molecule has 21 heavy (non-hydrogen) atoms. The highest BCUT2D eigenvalue weighted by molar-refractivity contribution is 6.31. The van der Waals surface area contributed by atoms with Crippen molar-refractivity contribution >= 4 is 11.6 Å². The van der Waals surface area contributed by atoms with E-state index in [-0.39, 0.29) is 17.3 Å². The van der Waals surface area contributed by atoms with Crippen LogP contribution >= 0.6 is 11.6 Å². The molecule has 0 amide bonds. The highest BCUT2D eigenvalue weighted by Crippen LogP contribution is 2.55. The van der Waals surface area contributed by atoms with Gasteiger partial charge in [-0.3, -0.25) is 0 Å². The fourth-order valence-electron chi connectivity index (χ4n) is 3.60. The van der Waals surface area contributed by atoms with Gasteiger partial charge < -0.3 is 9.47 Å². The fraction of sp³-hybridized carbons (Fsp3) is 0.588. The fourth-order valence-corrected chi connectivity index (χ4v) is 3.81. The Morgan fingerprint density at radius 1 is 1.43 bits per heavy atom. The molecule has 4 heteroatoms. The summed E-state index contributed by atoms with van der Waals surface area (Å²) >= 11 is 6.07. The number of nitrogens with zero attached hydrogens (tertiary/aromatic N) is 1. The normalized spacial score (nSPS) is 34.2. The molecule has 3 atom stereocenters. The SMILES string of the molecule is CC(C)[C@]12CC[C@@](C)(O1)[C@@H](Oc1cccc(Cl)c1C#N)C2. The van der Waals surface area contributed by atoms with E-state index in [4.69, 9.17) is 21.1 Å². The monoisotopic (exact) mass is 305 g/mol. The highest BCUT2D eigenvalue weighted by atomic mass is 35.5. The van der Waals surface area contributed by atoms with Crippen molar-refractivity contribution in [2.75, 3.05) is 0 Å². The van der Waals surface area contributed by atoms with E-state index in [1.54, 1.807) is 6.07 Å². The van der Waals surface area contributed by atoms with Gasteiger partial charge in [-0.05, 0) is 37.8 Å². The summed E-state index contributed by atoms with van der Waals surface area (Å²) in [4.78, 5) is 0. The lowest BCUT2D eigenvalue weighted by atomic mass is 9.75. The molecule has 0 saturated carbocycles. The average molecular weight is 306 g/mol. The summed E-state index contributed by atoms with van der Waals surface area (Å²) in [6, 6.07) is 7.46. The minimum Gasteiger partial charge on any atom is -0.486 e. The van der Waals surface area contributed by atoms with Crippen molar-refractivity contribution < 1.29 is 9.47 Å². The van der Waals surface area contributed by atoms with Crippen molar-refractivity contribution in [2.45, 2.75) is 57.3 Å². The van der Waals surface area contributed by atoms with Gasteiger partial charge in [0.25, 0.3) is 0 Å². The van der Waals surface area contributed by atoms with Crippen LogP contribution in [0.2, 0.25) is 5.02 Å². The summed E-state index contributed by atoms with van der Waals surface area (Å²) in [5, 5.41) is 9.70. The van der Waals surface area contributed by atoms with Gasteiger partial charge >= 0.3 is 0 Å². The molecule has 2 aliphatic heterocycles. The van der Waals surface area contributed by atoms with E-state index in [1.165, 1.54) is 0 Å². The molecule has 0 N–H and O–H groups in total. The molecule has 3 rings (SSSR count). The van der Waals surface area contributed by atoms with Crippen LogP contribution in [0.4, 0.5) is 0 Å². The van der Waals surface area contributed by atoms with E-state index < -0.39 is 0 Å². The predicted molar refractivity (Wildman–Crippen MR) is 81.5 cm³/mol. The first kappa shape index (κ1) is 14.7. The van der Waals surface area contributed by atoms with E-state index in [0.717, 1.165) is 19.3 Å². The topological polar surface area (TPSA) is 42.2 Å². The minimum absolute atomic E-state index is 0.0285. The lowest BCUT2D eigenvalue weighted by Crippen LogP contribution is -2.40. The Labute approximate surface area is 130 Å². The summed E-state index contributed by atoms with van der Waals surface area (Å²) in [6.07, 6.45) is 2.93. The number of halogens is 1. The van der Waals surface area contributed by atoms with Crippen molar-refractivity contribution in [1.29, 1.82) is 5.26 Å². The standard InChI is InChI=1S/C17H20ClNO2/c1-11(2)17-8-7-16(3,21-17)15(9-17)20-14-6-4-5-13(18)12(14)10-19/h4-6,11,15H,7-9H2,1-3H3/t15-,16+,17+/m0/s1. The molecule has 2 fully saturated rings. The zero-order valence-electron chi connectivity index (χ0n) is 12.6. The van der Waals surface area contributed by atoms with Crippen molar-refractivity contribution in [3.8, 4) is 11.8 Å². The number of hydrogen-bond donors (Lipinski definition) is 0. The largest absolute Gasteiger partial charge is 0.486 e. The van der Waals surface area contributed by atoms with Crippen LogP contribution in [-0.4, -0.2) is 17.3 Å². The lowest BCUT2D eigenvalue weighted by Gasteiger charge is -2.32. The second-order valence-corrected chi connectivity index (χ2v) is 7.08. The second kappa shape index (κ2) is 4.90. The van der Waals surface area contributed by atoms with Crippen LogP contribution in [0.25, 0.3) is 0 Å². The van der Waals surface area contributed by atoms with Gasteiger partial charge in [0, 0.05) is 6.42 Å². The molecule has 2 bridgehead atoms. The Bertz CT molecular complexity index is 609. The third kappa shape index (κ3) is 2.22. The maximum Gasteiger partial charge on any atom is 0.139 e. The van der Waals surface area contributed by atoms with Crippen LogP contribution in [0, 0.1) is 17.2 Å². The van der Waals surface area contributed by atoms with Gasteiger partial charge in [-0.2, -0.15) is 5.26 Å². The molecule has 2 saturated heterocycles. The summed E-state index contributed by atoms with van der Waals surface area (Å²) < 4.78 is 12.5. The second-order valence-electron chi connectivity index (χ2n) is 6.67. The maximum absolute atomic E-state index is 9.26. The van der Waals surface area contributed by atoms with Crippen molar-refractivity contribution in [3.05, 3.63) is 28.8 Å². The predicted octanol–water partition coefficient (Wildman–Crippen LogP) is 4.33. The molecule has 0 spiro atoms. The van der Waals surface area contributed by atoms with Crippen molar-refractivity contribution in [1.82, 2.24) is 0 Å². The van der Waals surface area contributed by atoms with Gasteiger partial charge in [-0.25, -0.2) is 0 Å². The molecule has 0 aliphatic carbocycles. The highest BCUT2D eigenvalue weighted by Gasteiger charge is 2.61. The van der Waals surface area contributed by atoms with Gasteiger partial charge in [0.1, 0.15) is 29.1 Å². The third-order valence-corrected chi connectivity index (χ3v) is 5.42. The molecule has 0 aromatic heterocycles. The van der Waals surface area contributed by atoms with Gasteiger partial charge in [0.15, 0.2) is 0 Å². The first-order valence-electron chi connectivity index (χ1n) is 7.46. The van der Waals surface area contributed by atoms with Gasteiger partial charge in [-0.1, -0.05) is 31.5 Å². The first-order chi connectivity index (χ1) is 9.90. The lowest BCUT2D eigenvalue weighted by molar-refractivity contribution is -0.0769. The van der Waals surface area contributed by atoms with Crippen molar-refractivity contribution in [3.63, 3.8) is 0 Å². The van der Waals surface area contributed by atoms with Crippen LogP contribution in [0.15, 0.2) is 18.2 Å². The van der Waals surface area contributed by atoms with Crippen LogP contribution in [-0.2, 0) is 4.74 Å². The Balaban J connectivity index is 1.88. The maximum atomic E-state index is 9.26. The molecule has 0 unspecified atom stereocenters.